The van der Waals surface area contributed by atoms with Crippen molar-refractivity contribution < 1.29 is 28.4 Å². The summed E-state index contributed by atoms with van der Waals surface area (Å²) in [5.74, 6) is -0.504. The Labute approximate surface area is 177 Å². The quantitative estimate of drug-likeness (QED) is 0.282. The Morgan fingerprint density at radius 3 is 2.00 bits per heavy atom. The maximum absolute atomic E-state index is 12.2. The molecule has 2 unspecified atom stereocenters. The summed E-state index contributed by atoms with van der Waals surface area (Å²) >= 11 is 0. The van der Waals surface area contributed by atoms with Crippen molar-refractivity contribution in [2.75, 3.05) is 13.2 Å². The van der Waals surface area contributed by atoms with Gasteiger partial charge in [-0.25, -0.2) is 4.57 Å². The van der Waals surface area contributed by atoms with Crippen LogP contribution in [0, 0.1) is 10.8 Å². The SMILES string of the molecule is CC(C)(C)CCCCCCCNC(=O)C(O)C(C)(C)COP(=O)(O)OC(C)(C)C. The van der Waals surface area contributed by atoms with Crippen LogP contribution in [0.25, 0.3) is 0 Å². The molecule has 7 nitrogen and oxygen atoms in total. The molecule has 3 N–H and O–H groups in total. The number of phosphoric ester groups is 1. The van der Waals surface area contributed by atoms with Gasteiger partial charge in [0.2, 0.25) is 5.91 Å². The van der Waals surface area contributed by atoms with Crippen molar-refractivity contribution in [3.05, 3.63) is 0 Å². The van der Waals surface area contributed by atoms with Crippen molar-refractivity contribution in [1.29, 1.82) is 0 Å². The van der Waals surface area contributed by atoms with Gasteiger partial charge >= 0.3 is 7.82 Å². The Hall–Kier alpha value is -0.460. The minimum Gasteiger partial charge on any atom is -0.383 e. The highest BCUT2D eigenvalue weighted by atomic mass is 31.2. The third kappa shape index (κ3) is 15.1. The third-order valence-electron chi connectivity index (χ3n) is 4.38. The third-order valence-corrected chi connectivity index (χ3v) is 5.61. The first-order valence-electron chi connectivity index (χ1n) is 10.6. The predicted molar refractivity (Wildman–Crippen MR) is 117 cm³/mol. The monoisotopic (exact) mass is 437 g/mol. The summed E-state index contributed by atoms with van der Waals surface area (Å²) in [6, 6.07) is 0. The zero-order valence-corrected chi connectivity index (χ0v) is 20.6. The number of phosphoric acid groups is 1. The first kappa shape index (κ1) is 28.5. The van der Waals surface area contributed by atoms with Gasteiger partial charge in [-0.3, -0.25) is 13.8 Å². The van der Waals surface area contributed by atoms with Crippen LogP contribution in [-0.4, -0.2) is 40.8 Å². The topological polar surface area (TPSA) is 105 Å². The number of hydrogen-bond donors (Lipinski definition) is 3. The van der Waals surface area contributed by atoms with Crippen LogP contribution in [0.3, 0.4) is 0 Å². The highest BCUT2D eigenvalue weighted by Crippen LogP contribution is 2.48. The van der Waals surface area contributed by atoms with Crippen LogP contribution in [-0.2, 0) is 18.4 Å². The molecule has 0 aromatic carbocycles. The molecule has 0 aromatic rings. The molecule has 174 valence electrons. The molecule has 0 bridgehead atoms. The Morgan fingerprint density at radius 1 is 0.966 bits per heavy atom. The van der Waals surface area contributed by atoms with Crippen LogP contribution in [0.2, 0.25) is 0 Å². The second-order valence-corrected chi connectivity index (χ2v) is 12.1. The van der Waals surface area contributed by atoms with E-state index in [2.05, 4.69) is 26.1 Å². The predicted octanol–water partition coefficient (Wildman–Crippen LogP) is 4.81. The molecule has 0 heterocycles. The molecule has 0 radical (unpaired) electrons. The van der Waals surface area contributed by atoms with E-state index >= 15 is 0 Å². The molecule has 0 rings (SSSR count). The number of carbonyl (C=O) groups is 1. The van der Waals surface area contributed by atoms with E-state index in [4.69, 9.17) is 9.05 Å². The van der Waals surface area contributed by atoms with E-state index in [1.807, 2.05) is 0 Å². The molecule has 1 amide bonds. The van der Waals surface area contributed by atoms with Gasteiger partial charge in [0.25, 0.3) is 0 Å². The molecular weight excluding hydrogens is 393 g/mol. The van der Waals surface area contributed by atoms with Gasteiger partial charge in [-0.2, -0.15) is 0 Å². The summed E-state index contributed by atoms with van der Waals surface area (Å²) in [4.78, 5) is 22.0. The van der Waals surface area contributed by atoms with Crippen molar-refractivity contribution in [2.24, 2.45) is 10.8 Å². The van der Waals surface area contributed by atoms with Crippen LogP contribution in [0.15, 0.2) is 0 Å². The normalized spacial score (nSPS) is 16.3. The van der Waals surface area contributed by atoms with Crippen LogP contribution in [0.1, 0.15) is 93.9 Å². The second-order valence-electron chi connectivity index (χ2n) is 10.7. The highest BCUT2D eigenvalue weighted by molar-refractivity contribution is 7.47. The van der Waals surface area contributed by atoms with E-state index in [0.717, 1.165) is 19.3 Å². The largest absolute Gasteiger partial charge is 0.472 e. The van der Waals surface area contributed by atoms with E-state index in [1.54, 1.807) is 34.6 Å². The van der Waals surface area contributed by atoms with Gasteiger partial charge in [-0.05, 0) is 39.0 Å². The molecule has 0 aliphatic carbocycles. The highest BCUT2D eigenvalue weighted by Gasteiger charge is 2.37. The zero-order chi connectivity index (χ0) is 22.9. The first-order valence-corrected chi connectivity index (χ1v) is 12.1. The molecule has 0 saturated heterocycles. The Kier molecular flexibility index (Phi) is 11.6. The van der Waals surface area contributed by atoms with Crippen LogP contribution < -0.4 is 5.32 Å². The summed E-state index contributed by atoms with van der Waals surface area (Å²) < 4.78 is 22.0. The lowest BCUT2D eigenvalue weighted by Gasteiger charge is -2.31. The van der Waals surface area contributed by atoms with E-state index in [-0.39, 0.29) is 6.61 Å². The molecule has 8 heteroatoms. The molecular formula is C21H44NO6P. The lowest BCUT2D eigenvalue weighted by molar-refractivity contribution is -0.137. The number of aliphatic hydroxyl groups excluding tert-OH is 1. The summed E-state index contributed by atoms with van der Waals surface area (Å²) in [6.07, 6.45) is 5.29. The average Bonchev–Trinajstić information content (AvgIpc) is 2.51. The maximum Gasteiger partial charge on any atom is 0.472 e. The van der Waals surface area contributed by atoms with E-state index in [0.29, 0.717) is 12.0 Å². The summed E-state index contributed by atoms with van der Waals surface area (Å²) in [7, 11) is -4.27. The lowest BCUT2D eigenvalue weighted by atomic mass is 9.87. The molecule has 0 aliphatic rings. The van der Waals surface area contributed by atoms with Gasteiger partial charge in [-0.15, -0.1) is 0 Å². The van der Waals surface area contributed by atoms with Gasteiger partial charge in [-0.1, -0.05) is 60.3 Å². The van der Waals surface area contributed by atoms with Crippen LogP contribution >= 0.6 is 7.82 Å². The number of amides is 1. The van der Waals surface area contributed by atoms with Gasteiger partial charge < -0.3 is 15.3 Å². The van der Waals surface area contributed by atoms with Crippen molar-refractivity contribution in [3.8, 4) is 0 Å². The van der Waals surface area contributed by atoms with Gasteiger partial charge in [0, 0.05) is 12.0 Å². The molecule has 0 saturated carbocycles. The summed E-state index contributed by atoms with van der Waals surface area (Å²) in [5, 5.41) is 13.1. The lowest BCUT2D eigenvalue weighted by Crippen LogP contribution is -2.46. The fourth-order valence-corrected chi connectivity index (χ4v) is 3.91. The fourth-order valence-electron chi connectivity index (χ4n) is 2.67. The molecule has 0 fully saturated rings. The number of carbonyl (C=O) groups excluding carboxylic acids is 1. The fraction of sp³-hybridized carbons (Fsp3) is 0.952. The first-order chi connectivity index (χ1) is 13.0. The maximum atomic E-state index is 12.2. The minimum atomic E-state index is -4.27. The number of hydrogen-bond acceptors (Lipinski definition) is 5. The van der Waals surface area contributed by atoms with Crippen molar-refractivity contribution in [2.45, 2.75) is 106 Å². The van der Waals surface area contributed by atoms with E-state index in [9.17, 15) is 19.4 Å². The van der Waals surface area contributed by atoms with Gasteiger partial charge in [0.05, 0.1) is 12.2 Å². The molecule has 0 aliphatic heterocycles. The van der Waals surface area contributed by atoms with Gasteiger partial charge in [0.1, 0.15) is 6.10 Å². The molecule has 0 spiro atoms. The summed E-state index contributed by atoms with van der Waals surface area (Å²) in [5.41, 5.74) is -1.52. The number of rotatable bonds is 13. The van der Waals surface area contributed by atoms with E-state index in [1.165, 1.54) is 19.3 Å². The number of unbranched alkanes of at least 4 members (excludes halogenated alkanes) is 4. The Bertz CT molecular complexity index is 536. The average molecular weight is 438 g/mol. The molecule has 2 atom stereocenters. The Balaban J connectivity index is 4.18. The standard InChI is InChI=1S/C21H44NO6P/c1-19(2,3)14-12-10-9-11-13-15-22-18(24)17(23)21(7,8)16-27-29(25,26)28-20(4,5)6/h17,23H,9-16H2,1-8H3,(H,22,24)(H,25,26). The Morgan fingerprint density at radius 2 is 1.48 bits per heavy atom. The smallest absolute Gasteiger partial charge is 0.383 e. The van der Waals surface area contributed by atoms with Gasteiger partial charge in [0.15, 0.2) is 0 Å². The zero-order valence-electron chi connectivity index (χ0n) is 19.7. The van der Waals surface area contributed by atoms with Crippen molar-refractivity contribution in [1.82, 2.24) is 5.32 Å². The van der Waals surface area contributed by atoms with Crippen molar-refractivity contribution in [3.63, 3.8) is 0 Å². The van der Waals surface area contributed by atoms with E-state index < -0.39 is 30.8 Å². The second kappa shape index (κ2) is 11.8. The molecule has 0 aromatic heterocycles. The van der Waals surface area contributed by atoms with Crippen LogP contribution in [0.5, 0.6) is 0 Å². The number of aliphatic hydroxyl groups is 1. The molecule has 29 heavy (non-hydrogen) atoms. The summed E-state index contributed by atoms with van der Waals surface area (Å²) in [6.45, 7) is 15.1. The van der Waals surface area contributed by atoms with Crippen LogP contribution in [0.4, 0.5) is 0 Å². The minimum absolute atomic E-state index is 0.292. The number of nitrogens with one attached hydrogen (secondary N) is 1. The van der Waals surface area contributed by atoms with Crippen molar-refractivity contribution >= 4 is 13.7 Å².